The third kappa shape index (κ3) is 2.91. The highest BCUT2D eigenvalue weighted by molar-refractivity contribution is 7.80. The zero-order valence-corrected chi connectivity index (χ0v) is 8.32. The summed E-state index contributed by atoms with van der Waals surface area (Å²) < 4.78 is 0. The second-order valence-corrected chi connectivity index (χ2v) is 3.04. The summed E-state index contributed by atoms with van der Waals surface area (Å²) in [5, 5.41) is 6.49. The number of hydrogen-bond acceptors (Lipinski definition) is 2. The molecule has 0 radical (unpaired) electrons. The molecular weight excluding hydrogens is 182 g/mol. The number of benzene rings is 1. The molecule has 0 fully saturated rings. The first-order valence-corrected chi connectivity index (χ1v) is 4.44. The molecule has 0 aliphatic rings. The maximum absolute atomic E-state index is 5.74. The first-order valence-electron chi connectivity index (χ1n) is 4.03. The average Bonchev–Trinajstić information content (AvgIpc) is 2.16. The second kappa shape index (κ2) is 4.67. The standard InChI is InChI=1S/C9H13N3S/c1-11-9(13)12-6-7-4-2-3-5-8(7)10/h2-5H,6,10H2,1H3,(H2,11,12,13). The predicted molar refractivity (Wildman–Crippen MR) is 59.4 cm³/mol. The smallest absolute Gasteiger partial charge is 0.166 e. The van der Waals surface area contributed by atoms with Crippen molar-refractivity contribution in [1.82, 2.24) is 10.6 Å². The fraction of sp³-hybridized carbons (Fsp3) is 0.222. The van der Waals surface area contributed by atoms with Crippen molar-refractivity contribution in [2.45, 2.75) is 6.54 Å². The van der Waals surface area contributed by atoms with Crippen LogP contribution in [0.15, 0.2) is 24.3 Å². The molecule has 0 bridgehead atoms. The number of anilines is 1. The average molecular weight is 195 g/mol. The van der Waals surface area contributed by atoms with Crippen LogP contribution in [0.5, 0.6) is 0 Å². The minimum atomic E-state index is 0.628. The molecule has 4 heteroatoms. The van der Waals surface area contributed by atoms with Gasteiger partial charge in [0.25, 0.3) is 0 Å². The van der Waals surface area contributed by atoms with Crippen LogP contribution >= 0.6 is 12.2 Å². The normalized spacial score (nSPS) is 9.31. The minimum Gasteiger partial charge on any atom is -0.398 e. The summed E-state index contributed by atoms with van der Waals surface area (Å²) in [5.74, 6) is 0. The highest BCUT2D eigenvalue weighted by Crippen LogP contribution is 2.09. The number of nitrogens with two attached hydrogens (primary N) is 1. The van der Waals surface area contributed by atoms with Crippen LogP contribution in [-0.2, 0) is 6.54 Å². The summed E-state index contributed by atoms with van der Waals surface area (Å²) in [4.78, 5) is 0. The topological polar surface area (TPSA) is 50.1 Å². The molecular formula is C9H13N3S. The van der Waals surface area contributed by atoms with Gasteiger partial charge in [-0.05, 0) is 23.8 Å². The van der Waals surface area contributed by atoms with Crippen LogP contribution in [0.1, 0.15) is 5.56 Å². The third-order valence-corrected chi connectivity index (χ3v) is 2.07. The molecule has 0 unspecified atom stereocenters. The first kappa shape index (κ1) is 9.80. The molecule has 0 atom stereocenters. The Bertz CT molecular complexity index is 299. The monoisotopic (exact) mass is 195 g/mol. The Morgan fingerprint density at radius 1 is 1.46 bits per heavy atom. The van der Waals surface area contributed by atoms with E-state index in [1.54, 1.807) is 7.05 Å². The molecule has 70 valence electrons. The number of rotatable bonds is 2. The van der Waals surface area contributed by atoms with E-state index in [9.17, 15) is 0 Å². The Labute approximate surface area is 83.3 Å². The summed E-state index contributed by atoms with van der Waals surface area (Å²) in [7, 11) is 1.78. The lowest BCUT2D eigenvalue weighted by Gasteiger charge is -2.08. The number of nitrogen functional groups attached to an aromatic ring is 1. The number of thiocarbonyl (C=S) groups is 1. The number of para-hydroxylation sites is 1. The van der Waals surface area contributed by atoms with Crippen molar-refractivity contribution in [3.8, 4) is 0 Å². The molecule has 0 aromatic heterocycles. The van der Waals surface area contributed by atoms with E-state index in [1.807, 2.05) is 24.3 Å². The van der Waals surface area contributed by atoms with Gasteiger partial charge in [-0.25, -0.2) is 0 Å². The molecule has 0 saturated carbocycles. The van der Waals surface area contributed by atoms with Crippen LogP contribution in [-0.4, -0.2) is 12.2 Å². The molecule has 1 aromatic carbocycles. The minimum absolute atomic E-state index is 0.628. The Balaban J connectivity index is 2.54. The van der Waals surface area contributed by atoms with E-state index in [-0.39, 0.29) is 0 Å². The van der Waals surface area contributed by atoms with E-state index in [0.717, 1.165) is 11.3 Å². The number of hydrogen-bond donors (Lipinski definition) is 3. The summed E-state index contributed by atoms with van der Waals surface area (Å²) in [6, 6.07) is 7.71. The van der Waals surface area contributed by atoms with Crippen molar-refractivity contribution < 1.29 is 0 Å². The summed E-state index contributed by atoms with van der Waals surface area (Å²) in [5.41, 5.74) is 7.59. The quantitative estimate of drug-likeness (QED) is 0.484. The number of nitrogens with one attached hydrogen (secondary N) is 2. The Hall–Kier alpha value is -1.29. The van der Waals surface area contributed by atoms with Crippen molar-refractivity contribution in [3.63, 3.8) is 0 Å². The fourth-order valence-electron chi connectivity index (χ4n) is 0.959. The van der Waals surface area contributed by atoms with Gasteiger partial charge in [-0.2, -0.15) is 0 Å². The SMILES string of the molecule is CNC(=S)NCc1ccccc1N. The molecule has 13 heavy (non-hydrogen) atoms. The van der Waals surface area contributed by atoms with E-state index >= 15 is 0 Å². The highest BCUT2D eigenvalue weighted by Gasteiger charge is 1.97. The van der Waals surface area contributed by atoms with Gasteiger partial charge in [0.15, 0.2) is 5.11 Å². The molecule has 0 heterocycles. The van der Waals surface area contributed by atoms with Crippen molar-refractivity contribution >= 4 is 23.0 Å². The van der Waals surface area contributed by atoms with Crippen LogP contribution in [0.2, 0.25) is 0 Å². The maximum atomic E-state index is 5.74. The second-order valence-electron chi connectivity index (χ2n) is 2.63. The molecule has 3 nitrogen and oxygen atoms in total. The van der Waals surface area contributed by atoms with E-state index in [4.69, 9.17) is 18.0 Å². The maximum Gasteiger partial charge on any atom is 0.166 e. The van der Waals surface area contributed by atoms with Gasteiger partial charge in [0, 0.05) is 19.3 Å². The molecule has 0 aliphatic carbocycles. The van der Waals surface area contributed by atoms with Crippen LogP contribution in [0.3, 0.4) is 0 Å². The van der Waals surface area contributed by atoms with Crippen LogP contribution < -0.4 is 16.4 Å². The van der Waals surface area contributed by atoms with E-state index in [1.165, 1.54) is 0 Å². The predicted octanol–water partition coefficient (Wildman–Crippen LogP) is 0.863. The lowest BCUT2D eigenvalue weighted by molar-refractivity contribution is 0.893. The van der Waals surface area contributed by atoms with Gasteiger partial charge in [-0.15, -0.1) is 0 Å². The summed E-state index contributed by atoms with van der Waals surface area (Å²) in [6.45, 7) is 0.659. The zero-order chi connectivity index (χ0) is 9.68. The van der Waals surface area contributed by atoms with Crippen molar-refractivity contribution in [2.75, 3.05) is 12.8 Å². The Morgan fingerprint density at radius 2 is 2.15 bits per heavy atom. The lowest BCUT2D eigenvalue weighted by Crippen LogP contribution is -2.31. The fourth-order valence-corrected chi connectivity index (χ4v) is 1.03. The molecule has 0 saturated heterocycles. The van der Waals surface area contributed by atoms with Gasteiger partial charge in [-0.1, -0.05) is 18.2 Å². The first-order chi connectivity index (χ1) is 6.24. The largest absolute Gasteiger partial charge is 0.398 e. The molecule has 0 amide bonds. The Kier molecular flexibility index (Phi) is 3.52. The van der Waals surface area contributed by atoms with Crippen LogP contribution in [0.4, 0.5) is 5.69 Å². The Morgan fingerprint density at radius 3 is 2.77 bits per heavy atom. The molecule has 1 aromatic rings. The van der Waals surface area contributed by atoms with Gasteiger partial charge in [0.05, 0.1) is 0 Å². The molecule has 1 rings (SSSR count). The van der Waals surface area contributed by atoms with E-state index in [0.29, 0.717) is 11.7 Å². The van der Waals surface area contributed by atoms with Gasteiger partial charge < -0.3 is 16.4 Å². The van der Waals surface area contributed by atoms with Gasteiger partial charge in [-0.3, -0.25) is 0 Å². The van der Waals surface area contributed by atoms with Gasteiger partial charge in [0.1, 0.15) is 0 Å². The van der Waals surface area contributed by atoms with Crippen molar-refractivity contribution in [1.29, 1.82) is 0 Å². The van der Waals surface area contributed by atoms with E-state index < -0.39 is 0 Å². The molecule has 4 N–H and O–H groups in total. The molecule has 0 spiro atoms. The zero-order valence-electron chi connectivity index (χ0n) is 7.50. The van der Waals surface area contributed by atoms with Gasteiger partial charge >= 0.3 is 0 Å². The van der Waals surface area contributed by atoms with Crippen molar-refractivity contribution in [2.24, 2.45) is 0 Å². The highest BCUT2D eigenvalue weighted by atomic mass is 32.1. The van der Waals surface area contributed by atoms with Crippen molar-refractivity contribution in [3.05, 3.63) is 29.8 Å². The molecule has 0 aliphatic heterocycles. The third-order valence-electron chi connectivity index (χ3n) is 1.72. The van der Waals surface area contributed by atoms with Gasteiger partial charge in [0.2, 0.25) is 0 Å². The van der Waals surface area contributed by atoms with Crippen LogP contribution in [0, 0.1) is 0 Å². The van der Waals surface area contributed by atoms with Crippen LogP contribution in [0.25, 0.3) is 0 Å². The summed E-state index contributed by atoms with van der Waals surface area (Å²) >= 11 is 4.93. The van der Waals surface area contributed by atoms with E-state index in [2.05, 4.69) is 10.6 Å². The summed E-state index contributed by atoms with van der Waals surface area (Å²) in [6.07, 6.45) is 0. The lowest BCUT2D eigenvalue weighted by atomic mass is 10.2.